The monoisotopic (exact) mass is 210 g/mol. The first kappa shape index (κ1) is 9.81. The molecule has 0 heterocycles. The lowest BCUT2D eigenvalue weighted by Crippen LogP contribution is -2.51. The molecule has 0 aliphatic heterocycles. The van der Waals surface area contributed by atoms with Gasteiger partial charge in [-0.1, -0.05) is 11.6 Å². The third kappa shape index (κ3) is 1.86. The fraction of sp³-hybridized carbons (Fsp3) is 0.455. The van der Waals surface area contributed by atoms with Crippen molar-refractivity contribution < 1.29 is 0 Å². The highest BCUT2D eigenvalue weighted by Crippen LogP contribution is 2.34. The molecule has 1 aliphatic rings. The van der Waals surface area contributed by atoms with E-state index in [-0.39, 0.29) is 5.54 Å². The maximum absolute atomic E-state index is 5.81. The lowest BCUT2D eigenvalue weighted by Gasteiger charge is -2.42. The highest BCUT2D eigenvalue weighted by molar-refractivity contribution is 6.30. The summed E-state index contributed by atoms with van der Waals surface area (Å²) in [6, 6.07) is 7.79. The number of benzene rings is 1. The van der Waals surface area contributed by atoms with E-state index in [1.807, 2.05) is 24.3 Å². The molecule has 0 radical (unpaired) electrons. The Hall–Kier alpha value is -0.730. The normalized spacial score (nSPS) is 18.7. The third-order valence-corrected chi connectivity index (χ3v) is 3.21. The van der Waals surface area contributed by atoms with Gasteiger partial charge in [0.1, 0.15) is 0 Å². The van der Waals surface area contributed by atoms with E-state index in [4.69, 9.17) is 17.3 Å². The zero-order chi connectivity index (χ0) is 10.0. The van der Waals surface area contributed by atoms with Crippen LogP contribution in [0.3, 0.4) is 0 Å². The van der Waals surface area contributed by atoms with Gasteiger partial charge in [-0.3, -0.25) is 0 Å². The van der Waals surface area contributed by atoms with Gasteiger partial charge < -0.3 is 11.1 Å². The minimum atomic E-state index is 0.147. The fourth-order valence-corrected chi connectivity index (χ4v) is 1.95. The van der Waals surface area contributed by atoms with Crippen LogP contribution < -0.4 is 11.1 Å². The summed E-state index contributed by atoms with van der Waals surface area (Å²) in [4.78, 5) is 0. The number of halogens is 1. The molecule has 1 saturated carbocycles. The van der Waals surface area contributed by atoms with E-state index in [0.29, 0.717) is 6.54 Å². The molecule has 0 spiro atoms. The average Bonchev–Trinajstić information content (AvgIpc) is 2.15. The SMILES string of the molecule is NCC1(Nc2ccc(Cl)cc2)CCC1. The highest BCUT2D eigenvalue weighted by atomic mass is 35.5. The Morgan fingerprint density at radius 3 is 2.36 bits per heavy atom. The molecule has 0 atom stereocenters. The molecule has 0 saturated heterocycles. The van der Waals surface area contributed by atoms with Crippen molar-refractivity contribution >= 4 is 17.3 Å². The third-order valence-electron chi connectivity index (χ3n) is 2.96. The van der Waals surface area contributed by atoms with Crippen LogP contribution in [0.1, 0.15) is 19.3 Å². The summed E-state index contributed by atoms with van der Waals surface area (Å²) >= 11 is 5.81. The number of nitrogens with two attached hydrogens (primary N) is 1. The molecular formula is C11H15ClN2. The molecule has 1 fully saturated rings. The molecule has 0 amide bonds. The predicted octanol–water partition coefficient (Wildman–Crippen LogP) is 2.63. The molecule has 0 aromatic heterocycles. The Balaban J connectivity index is 2.06. The van der Waals surface area contributed by atoms with Gasteiger partial charge in [0, 0.05) is 22.8 Å². The molecular weight excluding hydrogens is 196 g/mol. The van der Waals surface area contributed by atoms with E-state index in [9.17, 15) is 0 Å². The van der Waals surface area contributed by atoms with E-state index in [2.05, 4.69) is 5.32 Å². The van der Waals surface area contributed by atoms with Gasteiger partial charge in [-0.2, -0.15) is 0 Å². The Kier molecular flexibility index (Phi) is 2.66. The summed E-state index contributed by atoms with van der Waals surface area (Å²) in [5, 5.41) is 4.25. The van der Waals surface area contributed by atoms with E-state index in [1.54, 1.807) is 0 Å². The number of rotatable bonds is 3. The van der Waals surface area contributed by atoms with E-state index in [0.717, 1.165) is 10.7 Å². The average molecular weight is 211 g/mol. The second kappa shape index (κ2) is 3.79. The van der Waals surface area contributed by atoms with Gasteiger partial charge in [0.2, 0.25) is 0 Å². The summed E-state index contributed by atoms with van der Waals surface area (Å²) in [6.07, 6.45) is 3.62. The number of nitrogens with one attached hydrogen (secondary N) is 1. The molecule has 3 heteroatoms. The van der Waals surface area contributed by atoms with Gasteiger partial charge in [0.05, 0.1) is 0 Å². The molecule has 1 aliphatic carbocycles. The topological polar surface area (TPSA) is 38.0 Å². The first-order chi connectivity index (χ1) is 6.74. The second-order valence-corrected chi connectivity index (χ2v) is 4.41. The van der Waals surface area contributed by atoms with Crippen LogP contribution in [0.4, 0.5) is 5.69 Å². The van der Waals surface area contributed by atoms with Crippen molar-refractivity contribution in [2.24, 2.45) is 5.73 Å². The highest BCUT2D eigenvalue weighted by Gasteiger charge is 2.35. The van der Waals surface area contributed by atoms with Crippen LogP contribution in [0.5, 0.6) is 0 Å². The quantitative estimate of drug-likeness (QED) is 0.805. The van der Waals surface area contributed by atoms with E-state index in [1.165, 1.54) is 19.3 Å². The molecule has 76 valence electrons. The molecule has 2 rings (SSSR count). The van der Waals surface area contributed by atoms with Crippen LogP contribution in [0, 0.1) is 0 Å². The number of anilines is 1. The summed E-state index contributed by atoms with van der Waals surface area (Å²) in [7, 11) is 0. The van der Waals surface area contributed by atoms with Crippen LogP contribution in [0.25, 0.3) is 0 Å². The minimum absolute atomic E-state index is 0.147. The predicted molar refractivity (Wildman–Crippen MR) is 60.7 cm³/mol. The first-order valence-electron chi connectivity index (χ1n) is 4.98. The van der Waals surface area contributed by atoms with E-state index >= 15 is 0 Å². The Bertz CT molecular complexity index is 298. The zero-order valence-corrected chi connectivity index (χ0v) is 8.85. The minimum Gasteiger partial charge on any atom is -0.378 e. The van der Waals surface area contributed by atoms with Gasteiger partial charge in [0.15, 0.2) is 0 Å². The molecule has 0 unspecified atom stereocenters. The van der Waals surface area contributed by atoms with Crippen LogP contribution in [0.2, 0.25) is 5.02 Å². The van der Waals surface area contributed by atoms with Crippen LogP contribution in [-0.2, 0) is 0 Å². The molecule has 1 aromatic carbocycles. The largest absolute Gasteiger partial charge is 0.378 e. The van der Waals surface area contributed by atoms with Crippen LogP contribution >= 0.6 is 11.6 Å². The molecule has 0 bridgehead atoms. The summed E-state index contributed by atoms with van der Waals surface area (Å²) in [6.45, 7) is 0.704. The maximum atomic E-state index is 5.81. The lowest BCUT2D eigenvalue weighted by atomic mass is 9.76. The molecule has 2 nitrogen and oxygen atoms in total. The molecule has 14 heavy (non-hydrogen) atoms. The number of hydrogen-bond acceptors (Lipinski definition) is 2. The Morgan fingerprint density at radius 2 is 1.93 bits per heavy atom. The second-order valence-electron chi connectivity index (χ2n) is 3.97. The molecule has 1 aromatic rings. The summed E-state index contributed by atoms with van der Waals surface area (Å²) < 4.78 is 0. The van der Waals surface area contributed by atoms with Gasteiger partial charge in [0.25, 0.3) is 0 Å². The zero-order valence-electron chi connectivity index (χ0n) is 8.09. The fourth-order valence-electron chi connectivity index (χ4n) is 1.82. The standard InChI is InChI=1S/C11H15ClN2/c12-9-2-4-10(5-3-9)14-11(8-13)6-1-7-11/h2-5,14H,1,6-8,13H2. The van der Waals surface area contributed by atoms with E-state index < -0.39 is 0 Å². The van der Waals surface area contributed by atoms with Crippen LogP contribution in [0.15, 0.2) is 24.3 Å². The van der Waals surface area contributed by atoms with Crippen molar-refractivity contribution in [2.75, 3.05) is 11.9 Å². The van der Waals surface area contributed by atoms with Crippen molar-refractivity contribution in [2.45, 2.75) is 24.8 Å². The van der Waals surface area contributed by atoms with Gasteiger partial charge >= 0.3 is 0 Å². The van der Waals surface area contributed by atoms with Crippen molar-refractivity contribution in [3.8, 4) is 0 Å². The maximum Gasteiger partial charge on any atom is 0.0495 e. The van der Waals surface area contributed by atoms with Gasteiger partial charge in [-0.05, 0) is 43.5 Å². The lowest BCUT2D eigenvalue weighted by molar-refractivity contribution is 0.287. The Labute approximate surface area is 89.4 Å². The summed E-state index contributed by atoms with van der Waals surface area (Å²) in [5.74, 6) is 0. The summed E-state index contributed by atoms with van der Waals surface area (Å²) in [5.41, 5.74) is 7.02. The molecule has 3 N–H and O–H groups in total. The van der Waals surface area contributed by atoms with Crippen molar-refractivity contribution in [1.82, 2.24) is 0 Å². The first-order valence-corrected chi connectivity index (χ1v) is 5.36. The Morgan fingerprint density at radius 1 is 1.29 bits per heavy atom. The van der Waals surface area contributed by atoms with Crippen molar-refractivity contribution in [1.29, 1.82) is 0 Å². The number of hydrogen-bond donors (Lipinski definition) is 2. The van der Waals surface area contributed by atoms with Crippen LogP contribution in [-0.4, -0.2) is 12.1 Å². The van der Waals surface area contributed by atoms with Crippen molar-refractivity contribution in [3.63, 3.8) is 0 Å². The smallest absolute Gasteiger partial charge is 0.0495 e. The van der Waals surface area contributed by atoms with Crippen molar-refractivity contribution in [3.05, 3.63) is 29.3 Å². The van der Waals surface area contributed by atoms with Gasteiger partial charge in [-0.15, -0.1) is 0 Å². The van der Waals surface area contributed by atoms with Gasteiger partial charge in [-0.25, -0.2) is 0 Å².